The molecule has 1 aromatic heterocycles. The van der Waals surface area contributed by atoms with Gasteiger partial charge in [0.15, 0.2) is 0 Å². The third-order valence-corrected chi connectivity index (χ3v) is 6.56. The number of aryl methyl sites for hydroxylation is 2. The molecule has 1 aliphatic heterocycles. The Morgan fingerprint density at radius 2 is 1.77 bits per heavy atom. The summed E-state index contributed by atoms with van der Waals surface area (Å²) < 4.78 is 28.0. The van der Waals surface area contributed by atoms with Crippen LogP contribution in [0.2, 0.25) is 0 Å². The number of hydrogen-bond acceptors (Lipinski definition) is 5. The molecule has 0 spiro atoms. The van der Waals surface area contributed by atoms with Crippen LogP contribution in [0.15, 0.2) is 35.4 Å². The quantitative estimate of drug-likeness (QED) is 0.872. The molecule has 7 heteroatoms. The maximum absolute atomic E-state index is 12.7. The van der Waals surface area contributed by atoms with Crippen LogP contribution in [0.25, 0.3) is 0 Å². The molecule has 0 bridgehead atoms. The summed E-state index contributed by atoms with van der Waals surface area (Å²) in [6, 6.07) is 7.25. The van der Waals surface area contributed by atoms with Crippen LogP contribution >= 0.6 is 0 Å². The van der Waals surface area contributed by atoms with Gasteiger partial charge < -0.3 is 4.90 Å². The molecule has 1 saturated heterocycles. The van der Waals surface area contributed by atoms with Crippen molar-refractivity contribution in [3.63, 3.8) is 0 Å². The number of anilines is 1. The highest BCUT2D eigenvalue weighted by Gasteiger charge is 2.19. The van der Waals surface area contributed by atoms with E-state index in [1.165, 1.54) is 12.0 Å². The molecule has 0 radical (unpaired) electrons. The summed E-state index contributed by atoms with van der Waals surface area (Å²) in [6.45, 7) is 2.09. The van der Waals surface area contributed by atoms with E-state index in [2.05, 4.69) is 19.6 Å². The lowest BCUT2D eigenvalue weighted by molar-refractivity contribution is 0.579. The molecule has 0 amide bonds. The van der Waals surface area contributed by atoms with Gasteiger partial charge in [-0.25, -0.2) is 23.1 Å². The predicted octanol–water partition coefficient (Wildman–Crippen LogP) is 2.43. The summed E-state index contributed by atoms with van der Waals surface area (Å²) >= 11 is 0. The average Bonchev–Trinajstić information content (AvgIpc) is 3.21. The summed E-state index contributed by atoms with van der Waals surface area (Å²) in [7, 11) is -3.55. The van der Waals surface area contributed by atoms with Gasteiger partial charge in [0.1, 0.15) is 0 Å². The second-order valence-electron chi connectivity index (χ2n) is 7.00. The number of nitrogens with zero attached hydrogens (tertiary/aromatic N) is 3. The normalized spacial score (nSPS) is 17.3. The van der Waals surface area contributed by atoms with Crippen LogP contribution in [0.1, 0.15) is 42.5 Å². The SMILES string of the molecule is O=S(=O)(NCc1ccnc(N2CCCC2)n1)c1ccc2c(c1)CCCC2. The molecular weight excluding hydrogens is 348 g/mol. The molecule has 1 aliphatic carbocycles. The van der Waals surface area contributed by atoms with Gasteiger partial charge >= 0.3 is 0 Å². The van der Waals surface area contributed by atoms with Crippen LogP contribution in [0.4, 0.5) is 5.95 Å². The van der Waals surface area contributed by atoms with Crippen molar-refractivity contribution in [2.75, 3.05) is 18.0 Å². The van der Waals surface area contributed by atoms with Crippen molar-refractivity contribution < 1.29 is 8.42 Å². The minimum Gasteiger partial charge on any atom is -0.341 e. The van der Waals surface area contributed by atoms with Crippen LogP contribution < -0.4 is 9.62 Å². The molecule has 26 heavy (non-hydrogen) atoms. The van der Waals surface area contributed by atoms with Gasteiger partial charge in [0, 0.05) is 19.3 Å². The van der Waals surface area contributed by atoms with E-state index in [0.29, 0.717) is 16.5 Å². The highest BCUT2D eigenvalue weighted by atomic mass is 32.2. The smallest absolute Gasteiger partial charge is 0.240 e. The number of rotatable bonds is 5. The third-order valence-electron chi connectivity index (χ3n) is 5.16. The standard InChI is InChI=1S/C19H24N4O2S/c24-26(25,18-8-7-15-5-1-2-6-16(15)13-18)21-14-17-9-10-20-19(22-17)23-11-3-4-12-23/h7-10,13,21H,1-6,11-12,14H2. The summed E-state index contributed by atoms with van der Waals surface area (Å²) in [4.78, 5) is 11.3. The molecular formula is C19H24N4O2S. The van der Waals surface area contributed by atoms with Crippen LogP contribution in [0, 0.1) is 0 Å². The first kappa shape index (κ1) is 17.4. The lowest BCUT2D eigenvalue weighted by atomic mass is 9.92. The first-order chi connectivity index (χ1) is 12.6. The number of nitrogens with one attached hydrogen (secondary N) is 1. The Hall–Kier alpha value is -1.99. The monoisotopic (exact) mass is 372 g/mol. The molecule has 2 aliphatic rings. The fourth-order valence-corrected chi connectivity index (χ4v) is 4.73. The topological polar surface area (TPSA) is 75.2 Å². The highest BCUT2D eigenvalue weighted by Crippen LogP contribution is 2.24. The Balaban J connectivity index is 1.47. The van der Waals surface area contributed by atoms with Crippen molar-refractivity contribution in [2.45, 2.75) is 50.0 Å². The Morgan fingerprint density at radius 1 is 1.00 bits per heavy atom. The lowest BCUT2D eigenvalue weighted by Crippen LogP contribution is -2.25. The Labute approximate surface area is 154 Å². The largest absolute Gasteiger partial charge is 0.341 e. The van der Waals surface area contributed by atoms with Crippen molar-refractivity contribution in [1.29, 1.82) is 0 Å². The van der Waals surface area contributed by atoms with Crippen LogP contribution in [0.5, 0.6) is 0 Å². The fourth-order valence-electron chi connectivity index (χ4n) is 3.68. The Bertz CT molecular complexity index is 892. The van der Waals surface area contributed by atoms with Crippen LogP contribution in [-0.2, 0) is 29.4 Å². The summed E-state index contributed by atoms with van der Waals surface area (Å²) in [5, 5.41) is 0. The van der Waals surface area contributed by atoms with Gasteiger partial charge in [-0.3, -0.25) is 0 Å². The molecule has 0 saturated carbocycles. The van der Waals surface area contributed by atoms with Crippen LogP contribution in [-0.4, -0.2) is 31.5 Å². The van der Waals surface area contributed by atoms with Crippen molar-refractivity contribution in [3.8, 4) is 0 Å². The molecule has 1 fully saturated rings. The van der Waals surface area contributed by atoms with E-state index in [0.717, 1.165) is 50.8 Å². The maximum Gasteiger partial charge on any atom is 0.240 e. The van der Waals surface area contributed by atoms with Crippen molar-refractivity contribution in [1.82, 2.24) is 14.7 Å². The first-order valence-corrected chi connectivity index (χ1v) is 10.8. The second kappa shape index (κ2) is 7.32. The second-order valence-corrected chi connectivity index (χ2v) is 8.77. The Morgan fingerprint density at radius 3 is 2.58 bits per heavy atom. The molecule has 0 atom stereocenters. The third kappa shape index (κ3) is 3.73. The zero-order chi connectivity index (χ0) is 18.0. The lowest BCUT2D eigenvalue weighted by Gasteiger charge is -2.17. The molecule has 1 N–H and O–H groups in total. The molecule has 2 aromatic rings. The number of aromatic nitrogens is 2. The summed E-state index contributed by atoms with van der Waals surface area (Å²) in [6.07, 6.45) is 8.32. The van der Waals surface area contributed by atoms with Gasteiger partial charge in [0.2, 0.25) is 16.0 Å². The van der Waals surface area contributed by atoms with Gasteiger partial charge in [-0.15, -0.1) is 0 Å². The predicted molar refractivity (Wildman–Crippen MR) is 101 cm³/mol. The molecule has 0 unspecified atom stereocenters. The maximum atomic E-state index is 12.7. The number of sulfonamides is 1. The van der Waals surface area contributed by atoms with E-state index >= 15 is 0 Å². The van der Waals surface area contributed by atoms with E-state index in [1.807, 2.05) is 12.1 Å². The van der Waals surface area contributed by atoms with Gasteiger partial charge in [-0.1, -0.05) is 6.07 Å². The van der Waals surface area contributed by atoms with Gasteiger partial charge in [-0.2, -0.15) is 0 Å². The van der Waals surface area contributed by atoms with Crippen LogP contribution in [0.3, 0.4) is 0 Å². The minimum absolute atomic E-state index is 0.169. The molecule has 1 aromatic carbocycles. The van der Waals surface area contributed by atoms with Crippen molar-refractivity contribution >= 4 is 16.0 Å². The van der Waals surface area contributed by atoms with Gasteiger partial charge in [-0.05, 0) is 67.9 Å². The number of fused-ring (bicyclic) bond motifs is 1. The molecule has 6 nitrogen and oxygen atoms in total. The molecule has 2 heterocycles. The van der Waals surface area contributed by atoms with Crippen molar-refractivity contribution in [2.24, 2.45) is 0 Å². The zero-order valence-corrected chi connectivity index (χ0v) is 15.6. The number of benzene rings is 1. The minimum atomic E-state index is -3.55. The van der Waals surface area contributed by atoms with E-state index in [1.54, 1.807) is 18.3 Å². The van der Waals surface area contributed by atoms with Gasteiger partial charge in [0.25, 0.3) is 0 Å². The van der Waals surface area contributed by atoms with Crippen molar-refractivity contribution in [3.05, 3.63) is 47.3 Å². The fraction of sp³-hybridized carbons (Fsp3) is 0.474. The number of hydrogen-bond donors (Lipinski definition) is 1. The summed E-state index contributed by atoms with van der Waals surface area (Å²) in [5.74, 6) is 0.688. The van der Waals surface area contributed by atoms with Gasteiger partial charge in [0.05, 0.1) is 17.1 Å². The molecule has 4 rings (SSSR count). The molecule has 138 valence electrons. The van der Waals surface area contributed by atoms with E-state index in [9.17, 15) is 8.42 Å². The highest BCUT2D eigenvalue weighted by molar-refractivity contribution is 7.89. The van der Waals surface area contributed by atoms with E-state index < -0.39 is 10.0 Å². The average molecular weight is 372 g/mol. The van der Waals surface area contributed by atoms with E-state index in [4.69, 9.17) is 0 Å². The Kier molecular flexibility index (Phi) is 4.91. The van der Waals surface area contributed by atoms with E-state index in [-0.39, 0.29) is 6.54 Å². The first-order valence-electron chi connectivity index (χ1n) is 9.30. The zero-order valence-electron chi connectivity index (χ0n) is 14.8. The summed E-state index contributed by atoms with van der Waals surface area (Å²) in [5.41, 5.74) is 3.13.